The Balaban J connectivity index is 3.22. The number of hydrogen-bond donors (Lipinski definition) is 0. The van der Waals surface area contributed by atoms with Gasteiger partial charge < -0.3 is 9.47 Å². The van der Waals surface area contributed by atoms with Crippen molar-refractivity contribution in [2.45, 2.75) is 6.36 Å². The normalized spacial score (nSPS) is 11.1. The van der Waals surface area contributed by atoms with Crippen LogP contribution < -0.4 is 9.47 Å². The van der Waals surface area contributed by atoms with E-state index in [0.717, 1.165) is 6.07 Å². The first kappa shape index (κ1) is 12.6. The largest absolute Gasteiger partial charge is 0.573 e. The van der Waals surface area contributed by atoms with E-state index in [0.29, 0.717) is 0 Å². The zero-order valence-corrected chi connectivity index (χ0v) is 8.72. The standard InChI is InChI=1S/C9H6ClF3O3/c1-15-5-3-2-4-6(7(5)8(10)14)16-9(11,12)13/h2-4H,1H3. The number of carbonyl (C=O) groups excluding carboxylic acids is 1. The van der Waals surface area contributed by atoms with Gasteiger partial charge in [0.15, 0.2) is 0 Å². The van der Waals surface area contributed by atoms with E-state index in [4.69, 9.17) is 16.3 Å². The zero-order valence-electron chi connectivity index (χ0n) is 7.97. The fourth-order valence-corrected chi connectivity index (χ4v) is 1.27. The maximum Gasteiger partial charge on any atom is 0.573 e. The van der Waals surface area contributed by atoms with Crippen LogP contribution in [0.4, 0.5) is 13.2 Å². The second-order valence-corrected chi connectivity index (χ2v) is 3.00. The fraction of sp³-hybridized carbons (Fsp3) is 0.222. The van der Waals surface area contributed by atoms with Gasteiger partial charge >= 0.3 is 6.36 Å². The summed E-state index contributed by atoms with van der Waals surface area (Å²) in [4.78, 5) is 11.0. The van der Waals surface area contributed by atoms with Crippen LogP contribution in [-0.4, -0.2) is 18.7 Å². The molecule has 0 aliphatic carbocycles. The molecule has 0 saturated carbocycles. The van der Waals surface area contributed by atoms with Crippen molar-refractivity contribution in [3.05, 3.63) is 23.8 Å². The van der Waals surface area contributed by atoms with Crippen LogP contribution >= 0.6 is 11.6 Å². The highest BCUT2D eigenvalue weighted by Crippen LogP contribution is 2.33. The van der Waals surface area contributed by atoms with E-state index >= 15 is 0 Å². The third-order valence-electron chi connectivity index (χ3n) is 1.63. The van der Waals surface area contributed by atoms with Crippen LogP contribution in [-0.2, 0) is 0 Å². The van der Waals surface area contributed by atoms with Crippen molar-refractivity contribution in [1.29, 1.82) is 0 Å². The van der Waals surface area contributed by atoms with Crippen LogP contribution in [0.2, 0.25) is 0 Å². The summed E-state index contributed by atoms with van der Waals surface area (Å²) in [6.07, 6.45) is -4.90. The molecule has 16 heavy (non-hydrogen) atoms. The van der Waals surface area contributed by atoms with E-state index in [2.05, 4.69) is 4.74 Å². The smallest absolute Gasteiger partial charge is 0.496 e. The molecule has 0 spiro atoms. The topological polar surface area (TPSA) is 35.5 Å². The van der Waals surface area contributed by atoms with E-state index < -0.39 is 22.9 Å². The van der Waals surface area contributed by atoms with Crippen LogP contribution in [0.25, 0.3) is 0 Å². The highest BCUT2D eigenvalue weighted by molar-refractivity contribution is 6.68. The second-order valence-electron chi connectivity index (χ2n) is 2.65. The Labute approximate surface area is 93.7 Å². The molecular formula is C9H6ClF3O3. The Morgan fingerprint density at radius 1 is 1.31 bits per heavy atom. The van der Waals surface area contributed by atoms with Crippen molar-refractivity contribution >= 4 is 16.8 Å². The lowest BCUT2D eigenvalue weighted by Crippen LogP contribution is -2.18. The molecule has 0 bridgehead atoms. The van der Waals surface area contributed by atoms with Crippen molar-refractivity contribution < 1.29 is 27.4 Å². The lowest BCUT2D eigenvalue weighted by molar-refractivity contribution is -0.274. The number of ether oxygens (including phenoxy) is 2. The first-order chi connectivity index (χ1) is 7.35. The Bertz CT molecular complexity index is 403. The summed E-state index contributed by atoms with van der Waals surface area (Å²) in [6.45, 7) is 0. The molecule has 0 amide bonds. The Kier molecular flexibility index (Phi) is 3.64. The molecule has 0 aliphatic rings. The Morgan fingerprint density at radius 2 is 1.88 bits per heavy atom. The van der Waals surface area contributed by atoms with Crippen LogP contribution in [0.1, 0.15) is 10.4 Å². The molecule has 1 rings (SSSR count). The molecule has 0 aromatic heterocycles. The predicted octanol–water partition coefficient (Wildman–Crippen LogP) is 2.97. The maximum atomic E-state index is 12.0. The van der Waals surface area contributed by atoms with Crippen molar-refractivity contribution in [1.82, 2.24) is 0 Å². The molecule has 0 N–H and O–H groups in total. The fourth-order valence-electron chi connectivity index (χ4n) is 1.08. The van der Waals surface area contributed by atoms with Crippen molar-refractivity contribution in [3.8, 4) is 11.5 Å². The molecule has 0 unspecified atom stereocenters. The van der Waals surface area contributed by atoms with Crippen molar-refractivity contribution in [2.24, 2.45) is 0 Å². The van der Waals surface area contributed by atoms with Gasteiger partial charge in [-0.15, -0.1) is 13.2 Å². The van der Waals surface area contributed by atoms with Gasteiger partial charge in [0.1, 0.15) is 17.1 Å². The van der Waals surface area contributed by atoms with E-state index in [9.17, 15) is 18.0 Å². The molecule has 1 aromatic carbocycles. The maximum absolute atomic E-state index is 12.0. The number of halogens is 4. The summed E-state index contributed by atoms with van der Waals surface area (Å²) in [7, 11) is 1.20. The van der Waals surface area contributed by atoms with Gasteiger partial charge in [0.05, 0.1) is 7.11 Å². The van der Waals surface area contributed by atoms with Gasteiger partial charge in [0, 0.05) is 0 Å². The van der Waals surface area contributed by atoms with Gasteiger partial charge in [0.25, 0.3) is 5.24 Å². The third kappa shape index (κ3) is 3.03. The first-order valence-electron chi connectivity index (χ1n) is 3.97. The Hall–Kier alpha value is -1.43. The molecule has 0 heterocycles. The van der Waals surface area contributed by atoms with E-state index in [1.165, 1.54) is 19.2 Å². The van der Waals surface area contributed by atoms with Gasteiger partial charge in [-0.2, -0.15) is 0 Å². The predicted molar refractivity (Wildman–Crippen MR) is 49.9 cm³/mol. The first-order valence-corrected chi connectivity index (χ1v) is 4.35. The average molecular weight is 255 g/mol. The lowest BCUT2D eigenvalue weighted by atomic mass is 10.2. The number of hydrogen-bond acceptors (Lipinski definition) is 3. The molecule has 0 saturated heterocycles. The van der Waals surface area contributed by atoms with Crippen LogP contribution in [0.15, 0.2) is 18.2 Å². The Morgan fingerprint density at radius 3 is 2.31 bits per heavy atom. The molecule has 3 nitrogen and oxygen atoms in total. The highest BCUT2D eigenvalue weighted by atomic mass is 35.5. The third-order valence-corrected chi connectivity index (χ3v) is 1.82. The summed E-state index contributed by atoms with van der Waals surface area (Å²) in [5, 5.41) is -1.09. The number of benzene rings is 1. The van der Waals surface area contributed by atoms with Crippen molar-refractivity contribution in [2.75, 3.05) is 7.11 Å². The molecule has 1 aromatic rings. The molecule has 7 heteroatoms. The van der Waals surface area contributed by atoms with Gasteiger partial charge in [-0.3, -0.25) is 4.79 Å². The van der Waals surface area contributed by atoms with Gasteiger partial charge in [-0.25, -0.2) is 0 Å². The van der Waals surface area contributed by atoms with Crippen LogP contribution in [0.5, 0.6) is 11.5 Å². The monoisotopic (exact) mass is 254 g/mol. The minimum atomic E-state index is -4.90. The molecular weight excluding hydrogens is 249 g/mol. The number of alkyl halides is 3. The van der Waals surface area contributed by atoms with Crippen LogP contribution in [0, 0.1) is 0 Å². The highest BCUT2D eigenvalue weighted by Gasteiger charge is 2.33. The summed E-state index contributed by atoms with van der Waals surface area (Å²) in [5.41, 5.74) is -0.455. The second kappa shape index (κ2) is 4.61. The molecule has 0 aliphatic heterocycles. The van der Waals surface area contributed by atoms with Gasteiger partial charge in [-0.05, 0) is 23.7 Å². The summed E-state index contributed by atoms with van der Waals surface area (Å²) < 4.78 is 44.4. The summed E-state index contributed by atoms with van der Waals surface area (Å²) in [5.74, 6) is -0.770. The summed E-state index contributed by atoms with van der Waals surface area (Å²) >= 11 is 5.15. The van der Waals surface area contributed by atoms with E-state index in [1.807, 2.05) is 0 Å². The van der Waals surface area contributed by atoms with E-state index in [-0.39, 0.29) is 5.75 Å². The van der Waals surface area contributed by atoms with Gasteiger partial charge in [0.2, 0.25) is 0 Å². The minimum absolute atomic E-state index is 0.0817. The molecule has 0 atom stereocenters. The van der Waals surface area contributed by atoms with E-state index in [1.54, 1.807) is 0 Å². The molecule has 88 valence electrons. The quantitative estimate of drug-likeness (QED) is 0.778. The van der Waals surface area contributed by atoms with Crippen LogP contribution in [0.3, 0.4) is 0 Å². The summed E-state index contributed by atoms with van der Waals surface area (Å²) in [6, 6.07) is 3.54. The molecule has 0 radical (unpaired) electrons. The number of rotatable bonds is 3. The van der Waals surface area contributed by atoms with Gasteiger partial charge in [-0.1, -0.05) is 6.07 Å². The minimum Gasteiger partial charge on any atom is -0.496 e. The lowest BCUT2D eigenvalue weighted by Gasteiger charge is -2.13. The SMILES string of the molecule is COc1cccc(OC(F)(F)F)c1C(=O)Cl. The number of methoxy groups -OCH3 is 1. The average Bonchev–Trinajstić information content (AvgIpc) is 2.14. The van der Waals surface area contributed by atoms with Crippen molar-refractivity contribution in [3.63, 3.8) is 0 Å². The molecule has 0 fully saturated rings. The number of carbonyl (C=O) groups is 1. The zero-order chi connectivity index (χ0) is 12.3.